The first kappa shape index (κ1) is 12.0. The summed E-state index contributed by atoms with van der Waals surface area (Å²) >= 11 is 0. The summed E-state index contributed by atoms with van der Waals surface area (Å²) in [7, 11) is 0.451. The van der Waals surface area contributed by atoms with Gasteiger partial charge in [-0.1, -0.05) is 0 Å². The summed E-state index contributed by atoms with van der Waals surface area (Å²) in [5.74, 6) is -6.43. The Morgan fingerprint density at radius 2 is 1.38 bits per heavy atom. The van der Waals surface area contributed by atoms with Crippen molar-refractivity contribution in [2.75, 3.05) is 7.11 Å². The first-order valence-electron chi connectivity index (χ1n) is 2.82. The fourth-order valence-corrected chi connectivity index (χ4v) is 0.571. The average molecular weight is 210 g/mol. The lowest BCUT2D eigenvalue weighted by Gasteiger charge is -2.20. The first-order valence-corrected chi connectivity index (χ1v) is 2.82. The van der Waals surface area contributed by atoms with E-state index in [2.05, 4.69) is 4.74 Å². The molecule has 0 amide bonds. The lowest BCUT2D eigenvalue weighted by molar-refractivity contribution is -0.281. The molecule has 0 heterocycles. The number of carbonyl (C=O) groups is 1. The zero-order valence-corrected chi connectivity index (χ0v) is 6.16. The Balaban J connectivity index is 4.89. The largest absolute Gasteiger partial charge is 0.468 e. The molecule has 0 aromatic carbocycles. The molecule has 8 heteroatoms. The third-order valence-corrected chi connectivity index (χ3v) is 1.09. The molecule has 78 valence electrons. The molecular formula is C5H4F6O2. The summed E-state index contributed by atoms with van der Waals surface area (Å²) in [6, 6.07) is 0. The van der Waals surface area contributed by atoms with Gasteiger partial charge in [-0.3, -0.25) is 4.79 Å². The zero-order chi connectivity index (χ0) is 10.9. The average Bonchev–Trinajstić information content (AvgIpc) is 1.80. The van der Waals surface area contributed by atoms with Gasteiger partial charge >= 0.3 is 18.3 Å². The van der Waals surface area contributed by atoms with Gasteiger partial charge in [0.1, 0.15) is 0 Å². The molecule has 0 saturated carbocycles. The second-order valence-corrected chi connectivity index (χ2v) is 2.04. The fourth-order valence-electron chi connectivity index (χ4n) is 0.571. The van der Waals surface area contributed by atoms with E-state index in [1.54, 1.807) is 0 Å². The van der Waals surface area contributed by atoms with Gasteiger partial charge in [-0.25, -0.2) is 0 Å². The molecule has 0 saturated heterocycles. The van der Waals surface area contributed by atoms with E-state index in [4.69, 9.17) is 0 Å². The summed E-state index contributed by atoms with van der Waals surface area (Å²) in [4.78, 5) is 10.1. The topological polar surface area (TPSA) is 26.3 Å². The lowest BCUT2D eigenvalue weighted by atomic mass is 10.1. The van der Waals surface area contributed by atoms with Crippen molar-refractivity contribution in [2.24, 2.45) is 5.92 Å². The summed E-state index contributed by atoms with van der Waals surface area (Å²) in [6.07, 6.45) is -11.4. The number of halogens is 6. The van der Waals surface area contributed by atoms with Crippen LogP contribution in [0.5, 0.6) is 0 Å². The van der Waals surface area contributed by atoms with Crippen molar-refractivity contribution in [1.82, 2.24) is 0 Å². The van der Waals surface area contributed by atoms with Crippen LogP contribution in [0.4, 0.5) is 26.3 Å². The Morgan fingerprint density at radius 1 is 1.08 bits per heavy atom. The van der Waals surface area contributed by atoms with E-state index in [-0.39, 0.29) is 0 Å². The maximum Gasteiger partial charge on any atom is 0.411 e. The van der Waals surface area contributed by atoms with Gasteiger partial charge in [-0.2, -0.15) is 26.3 Å². The molecule has 13 heavy (non-hydrogen) atoms. The molecule has 0 fully saturated rings. The van der Waals surface area contributed by atoms with E-state index >= 15 is 0 Å². The van der Waals surface area contributed by atoms with Crippen LogP contribution in [0.3, 0.4) is 0 Å². The van der Waals surface area contributed by atoms with Crippen LogP contribution >= 0.6 is 0 Å². The highest BCUT2D eigenvalue weighted by atomic mass is 19.4. The monoisotopic (exact) mass is 210 g/mol. The Morgan fingerprint density at radius 3 is 1.46 bits per heavy atom. The summed E-state index contributed by atoms with van der Waals surface area (Å²) in [5, 5.41) is 0. The number of rotatable bonds is 1. The van der Waals surface area contributed by atoms with Crippen LogP contribution < -0.4 is 0 Å². The minimum atomic E-state index is -5.68. The van der Waals surface area contributed by atoms with Gasteiger partial charge < -0.3 is 4.74 Å². The van der Waals surface area contributed by atoms with Crippen LogP contribution in [0, 0.1) is 5.92 Å². The van der Waals surface area contributed by atoms with Crippen LogP contribution in [0.2, 0.25) is 0 Å². The van der Waals surface area contributed by atoms with Gasteiger partial charge in [0.2, 0.25) is 5.92 Å². The highest BCUT2D eigenvalue weighted by Gasteiger charge is 2.62. The van der Waals surface area contributed by atoms with Gasteiger partial charge in [0.15, 0.2) is 0 Å². The van der Waals surface area contributed by atoms with Crippen molar-refractivity contribution in [3.05, 3.63) is 0 Å². The minimum absolute atomic E-state index is 0.451. The third kappa shape index (κ3) is 3.11. The Kier molecular flexibility index (Phi) is 3.18. The van der Waals surface area contributed by atoms with E-state index < -0.39 is 24.2 Å². The highest BCUT2D eigenvalue weighted by molar-refractivity contribution is 5.74. The molecule has 0 aliphatic carbocycles. The Bertz CT molecular complexity index is 178. The zero-order valence-electron chi connectivity index (χ0n) is 6.16. The van der Waals surface area contributed by atoms with Crippen LogP contribution in [-0.2, 0) is 9.53 Å². The van der Waals surface area contributed by atoms with Crippen molar-refractivity contribution in [3.63, 3.8) is 0 Å². The number of hydrogen-bond donors (Lipinski definition) is 0. The van der Waals surface area contributed by atoms with Crippen LogP contribution in [0.1, 0.15) is 0 Å². The molecular weight excluding hydrogens is 206 g/mol. The lowest BCUT2D eigenvalue weighted by Crippen LogP contribution is -2.42. The molecule has 0 aliphatic rings. The van der Waals surface area contributed by atoms with E-state index in [1.807, 2.05) is 0 Å². The normalized spacial score (nSPS) is 13.2. The molecule has 0 N–H and O–H groups in total. The molecule has 0 rings (SSSR count). The molecule has 2 nitrogen and oxygen atoms in total. The number of hydrogen-bond acceptors (Lipinski definition) is 2. The van der Waals surface area contributed by atoms with Crippen molar-refractivity contribution >= 4 is 5.97 Å². The first-order chi connectivity index (χ1) is 5.60. The van der Waals surface area contributed by atoms with Crippen LogP contribution in [-0.4, -0.2) is 25.4 Å². The van der Waals surface area contributed by atoms with Crippen LogP contribution in [0.25, 0.3) is 0 Å². The number of methoxy groups -OCH3 is 1. The SMILES string of the molecule is COC(=O)C(C(F)(F)F)C(F)(F)F. The molecule has 0 aliphatic heterocycles. The molecule has 0 unspecified atom stereocenters. The highest BCUT2D eigenvalue weighted by Crippen LogP contribution is 2.39. The third-order valence-electron chi connectivity index (χ3n) is 1.09. The van der Waals surface area contributed by atoms with Gasteiger partial charge in [0.25, 0.3) is 0 Å². The molecule has 0 radical (unpaired) electrons. The quantitative estimate of drug-likeness (QED) is 0.488. The predicted octanol–water partition coefficient (Wildman–Crippen LogP) is 1.90. The standard InChI is InChI=1S/C5H4F6O2/c1-13-3(12)2(4(6,7)8)5(9,10)11/h2H,1H3. The second kappa shape index (κ2) is 3.43. The summed E-state index contributed by atoms with van der Waals surface area (Å²) in [6.45, 7) is 0. The number of esters is 1. The van der Waals surface area contributed by atoms with Gasteiger partial charge in [0, 0.05) is 0 Å². The summed E-state index contributed by atoms with van der Waals surface area (Å²) in [5.41, 5.74) is 0. The maximum atomic E-state index is 11.6. The smallest absolute Gasteiger partial charge is 0.411 e. The van der Waals surface area contributed by atoms with E-state index in [0.717, 1.165) is 0 Å². The maximum absolute atomic E-state index is 11.6. The number of alkyl halides is 6. The number of carbonyl (C=O) groups excluding carboxylic acids is 1. The molecule has 0 bridgehead atoms. The molecule has 0 aromatic rings. The fraction of sp³-hybridized carbons (Fsp3) is 0.800. The Labute approximate surface area is 68.5 Å². The van der Waals surface area contributed by atoms with Crippen molar-refractivity contribution in [2.45, 2.75) is 12.4 Å². The number of ether oxygens (including phenoxy) is 1. The van der Waals surface area contributed by atoms with E-state index in [1.165, 1.54) is 0 Å². The van der Waals surface area contributed by atoms with Gasteiger partial charge in [-0.05, 0) is 0 Å². The second-order valence-electron chi connectivity index (χ2n) is 2.04. The molecule has 0 spiro atoms. The Hall–Kier alpha value is -0.950. The van der Waals surface area contributed by atoms with E-state index in [9.17, 15) is 31.1 Å². The van der Waals surface area contributed by atoms with Crippen molar-refractivity contribution in [1.29, 1.82) is 0 Å². The molecule has 0 aromatic heterocycles. The minimum Gasteiger partial charge on any atom is -0.468 e. The summed E-state index contributed by atoms with van der Waals surface area (Å²) < 4.78 is 73.2. The predicted molar refractivity (Wildman–Crippen MR) is 27.6 cm³/mol. The van der Waals surface area contributed by atoms with Gasteiger partial charge in [0.05, 0.1) is 7.11 Å². The van der Waals surface area contributed by atoms with E-state index in [0.29, 0.717) is 7.11 Å². The van der Waals surface area contributed by atoms with Crippen molar-refractivity contribution in [3.8, 4) is 0 Å². The molecule has 0 atom stereocenters. The van der Waals surface area contributed by atoms with Crippen molar-refractivity contribution < 1.29 is 35.9 Å². The van der Waals surface area contributed by atoms with Gasteiger partial charge in [-0.15, -0.1) is 0 Å². The van der Waals surface area contributed by atoms with Crippen LogP contribution in [0.15, 0.2) is 0 Å².